The van der Waals surface area contributed by atoms with Gasteiger partial charge >= 0.3 is 0 Å². The third kappa shape index (κ3) is 4.38. The molecule has 0 heterocycles. The van der Waals surface area contributed by atoms with Crippen LogP contribution in [0, 0.1) is 5.92 Å². The van der Waals surface area contributed by atoms with Crippen molar-refractivity contribution in [1.82, 2.24) is 5.32 Å². The normalized spacial score (nSPS) is 11.8. The van der Waals surface area contributed by atoms with Crippen LogP contribution in [0.2, 0.25) is 0 Å². The minimum Gasteiger partial charge on any atom is -0.366 e. The average Bonchev–Trinajstić information content (AvgIpc) is 2.35. The first-order valence-electron chi connectivity index (χ1n) is 6.29. The number of benzene rings is 1. The van der Waals surface area contributed by atoms with Crippen molar-refractivity contribution in [3.8, 4) is 0 Å². The Morgan fingerprint density at radius 3 is 2.05 bits per heavy atom. The lowest BCUT2D eigenvalue weighted by Gasteiger charge is -2.20. The molecule has 0 spiro atoms. The summed E-state index contributed by atoms with van der Waals surface area (Å²) in [6, 6.07) is 5.62. The zero-order valence-corrected chi connectivity index (χ0v) is 11.8. The molecule has 6 nitrogen and oxygen atoms in total. The van der Waals surface area contributed by atoms with Crippen LogP contribution in [0.1, 0.15) is 31.1 Å². The van der Waals surface area contributed by atoms with Crippen molar-refractivity contribution in [3.05, 3.63) is 29.8 Å². The van der Waals surface area contributed by atoms with E-state index in [1.54, 1.807) is 12.1 Å². The maximum absolute atomic E-state index is 12.1. The highest BCUT2D eigenvalue weighted by atomic mass is 16.2. The van der Waals surface area contributed by atoms with Crippen molar-refractivity contribution in [3.63, 3.8) is 0 Å². The molecule has 0 aliphatic heterocycles. The van der Waals surface area contributed by atoms with Gasteiger partial charge in [-0.05, 0) is 30.2 Å². The summed E-state index contributed by atoms with van der Waals surface area (Å²) in [5, 5.41) is 5.29. The number of amides is 3. The minimum atomic E-state index is -0.608. The van der Waals surface area contributed by atoms with Gasteiger partial charge in [0.2, 0.25) is 17.7 Å². The van der Waals surface area contributed by atoms with Gasteiger partial charge in [0, 0.05) is 18.2 Å². The molecule has 20 heavy (non-hydrogen) atoms. The van der Waals surface area contributed by atoms with Crippen LogP contribution in [0.15, 0.2) is 24.3 Å². The lowest BCUT2D eigenvalue weighted by molar-refractivity contribution is -0.126. The summed E-state index contributed by atoms with van der Waals surface area (Å²) in [7, 11) is 0. The van der Waals surface area contributed by atoms with E-state index in [-0.39, 0.29) is 17.7 Å². The Labute approximate surface area is 117 Å². The van der Waals surface area contributed by atoms with Gasteiger partial charge in [-0.2, -0.15) is 0 Å². The van der Waals surface area contributed by atoms with Crippen LogP contribution in [-0.2, 0) is 9.59 Å². The molecule has 0 aliphatic rings. The van der Waals surface area contributed by atoms with Crippen molar-refractivity contribution in [2.45, 2.75) is 26.8 Å². The Bertz CT molecular complexity index is 509. The van der Waals surface area contributed by atoms with E-state index in [0.717, 1.165) is 0 Å². The van der Waals surface area contributed by atoms with Crippen LogP contribution in [0.5, 0.6) is 0 Å². The molecule has 1 rings (SSSR count). The van der Waals surface area contributed by atoms with E-state index in [9.17, 15) is 14.4 Å². The van der Waals surface area contributed by atoms with Gasteiger partial charge in [-0.15, -0.1) is 0 Å². The fourth-order valence-corrected chi connectivity index (χ4v) is 1.69. The van der Waals surface area contributed by atoms with E-state index in [0.29, 0.717) is 11.3 Å². The van der Waals surface area contributed by atoms with Gasteiger partial charge in [0.1, 0.15) is 6.04 Å². The van der Waals surface area contributed by atoms with Gasteiger partial charge in [-0.3, -0.25) is 14.4 Å². The minimum absolute atomic E-state index is 0.0382. The predicted octanol–water partition coefficient (Wildman–Crippen LogP) is 0.885. The summed E-state index contributed by atoms with van der Waals surface area (Å²) in [6.45, 7) is 5.05. The Morgan fingerprint density at radius 2 is 1.65 bits per heavy atom. The number of carbonyl (C=O) groups is 3. The molecular weight excluding hydrogens is 258 g/mol. The number of nitrogens with one attached hydrogen (secondary N) is 2. The van der Waals surface area contributed by atoms with E-state index in [1.807, 2.05) is 13.8 Å². The summed E-state index contributed by atoms with van der Waals surface area (Å²) < 4.78 is 0. The molecule has 1 atom stereocenters. The summed E-state index contributed by atoms with van der Waals surface area (Å²) in [6.07, 6.45) is 0. The molecule has 0 saturated heterocycles. The molecule has 1 aromatic carbocycles. The van der Waals surface area contributed by atoms with E-state index >= 15 is 0 Å². The molecule has 0 aliphatic carbocycles. The largest absolute Gasteiger partial charge is 0.366 e. The lowest BCUT2D eigenvalue weighted by atomic mass is 10.0. The van der Waals surface area contributed by atoms with Crippen LogP contribution in [-0.4, -0.2) is 23.8 Å². The monoisotopic (exact) mass is 277 g/mol. The first-order valence-corrected chi connectivity index (χ1v) is 6.29. The maximum atomic E-state index is 12.1. The molecule has 1 aromatic rings. The van der Waals surface area contributed by atoms with Crippen molar-refractivity contribution < 1.29 is 14.4 Å². The Morgan fingerprint density at radius 1 is 1.10 bits per heavy atom. The molecule has 0 unspecified atom stereocenters. The lowest BCUT2D eigenvalue weighted by Crippen LogP contribution is -2.46. The van der Waals surface area contributed by atoms with E-state index in [4.69, 9.17) is 5.73 Å². The van der Waals surface area contributed by atoms with Crippen LogP contribution < -0.4 is 16.4 Å². The molecule has 6 heteroatoms. The fraction of sp³-hybridized carbons (Fsp3) is 0.357. The third-order valence-corrected chi connectivity index (χ3v) is 2.74. The molecule has 0 saturated carbocycles. The highest BCUT2D eigenvalue weighted by Gasteiger charge is 2.22. The zero-order valence-electron chi connectivity index (χ0n) is 11.8. The molecule has 0 radical (unpaired) electrons. The van der Waals surface area contributed by atoms with Gasteiger partial charge in [-0.1, -0.05) is 13.8 Å². The standard InChI is InChI=1S/C14H19N3O3/c1-8(2)12(16-9(3)18)14(20)17-11-6-4-10(5-7-11)13(15)19/h4-8,12H,1-3H3,(H2,15,19)(H,16,18)(H,17,20)/t12-/m0/s1. The SMILES string of the molecule is CC(=O)N[C@H](C(=O)Nc1ccc(C(N)=O)cc1)C(C)C. The van der Waals surface area contributed by atoms with Gasteiger partial charge < -0.3 is 16.4 Å². The van der Waals surface area contributed by atoms with Crippen LogP contribution >= 0.6 is 0 Å². The summed E-state index contributed by atoms with van der Waals surface area (Å²) in [5.74, 6) is -1.13. The molecular formula is C14H19N3O3. The maximum Gasteiger partial charge on any atom is 0.248 e. The highest BCUT2D eigenvalue weighted by Crippen LogP contribution is 2.11. The third-order valence-electron chi connectivity index (χ3n) is 2.74. The quantitative estimate of drug-likeness (QED) is 0.744. The van der Waals surface area contributed by atoms with Crippen LogP contribution in [0.4, 0.5) is 5.69 Å². The van der Waals surface area contributed by atoms with Crippen molar-refractivity contribution in [2.75, 3.05) is 5.32 Å². The number of primary amides is 1. The van der Waals surface area contributed by atoms with Crippen molar-refractivity contribution >= 4 is 23.4 Å². The smallest absolute Gasteiger partial charge is 0.248 e. The van der Waals surface area contributed by atoms with Gasteiger partial charge in [0.25, 0.3) is 0 Å². The van der Waals surface area contributed by atoms with Crippen molar-refractivity contribution in [2.24, 2.45) is 11.7 Å². The second-order valence-electron chi connectivity index (χ2n) is 4.85. The zero-order chi connectivity index (χ0) is 15.3. The molecule has 0 bridgehead atoms. The number of hydrogen-bond acceptors (Lipinski definition) is 3. The number of carbonyl (C=O) groups excluding carboxylic acids is 3. The Kier molecular flexibility index (Phi) is 5.25. The summed E-state index contributed by atoms with van der Waals surface area (Å²) >= 11 is 0. The van der Waals surface area contributed by atoms with Crippen LogP contribution in [0.25, 0.3) is 0 Å². The topological polar surface area (TPSA) is 101 Å². The molecule has 0 aromatic heterocycles. The fourth-order valence-electron chi connectivity index (χ4n) is 1.69. The number of hydrogen-bond donors (Lipinski definition) is 3. The van der Waals surface area contributed by atoms with Gasteiger partial charge in [0.15, 0.2) is 0 Å². The second-order valence-corrected chi connectivity index (χ2v) is 4.85. The molecule has 3 amide bonds. The van der Waals surface area contributed by atoms with Gasteiger partial charge in [-0.25, -0.2) is 0 Å². The van der Waals surface area contributed by atoms with Crippen molar-refractivity contribution in [1.29, 1.82) is 0 Å². The summed E-state index contributed by atoms with van der Waals surface area (Å²) in [5.41, 5.74) is 6.04. The Hall–Kier alpha value is -2.37. The van der Waals surface area contributed by atoms with E-state index < -0.39 is 11.9 Å². The molecule has 0 fully saturated rings. The average molecular weight is 277 g/mol. The Balaban J connectivity index is 2.77. The summed E-state index contributed by atoms with van der Waals surface area (Å²) in [4.78, 5) is 34.1. The van der Waals surface area contributed by atoms with Gasteiger partial charge in [0.05, 0.1) is 0 Å². The first-order chi connectivity index (χ1) is 9.31. The van der Waals surface area contributed by atoms with E-state index in [2.05, 4.69) is 10.6 Å². The number of nitrogens with two attached hydrogens (primary N) is 1. The molecule has 108 valence electrons. The first kappa shape index (κ1) is 15.7. The van der Waals surface area contributed by atoms with E-state index in [1.165, 1.54) is 19.1 Å². The van der Waals surface area contributed by atoms with Crippen LogP contribution in [0.3, 0.4) is 0 Å². The highest BCUT2D eigenvalue weighted by molar-refractivity contribution is 5.98. The second kappa shape index (κ2) is 6.70. The number of anilines is 1. The number of rotatable bonds is 5. The molecule has 4 N–H and O–H groups in total. The predicted molar refractivity (Wildman–Crippen MR) is 76.0 cm³/mol.